The minimum atomic E-state index is 0.00292. The van der Waals surface area contributed by atoms with E-state index < -0.39 is 0 Å². The van der Waals surface area contributed by atoms with Crippen LogP contribution in [0.3, 0.4) is 0 Å². The lowest BCUT2D eigenvalue weighted by Crippen LogP contribution is -2.05. The Hall–Kier alpha value is -1.31. The number of carbonyl (C=O) groups is 1. The van der Waals surface area contributed by atoms with Crippen LogP contribution in [0.1, 0.15) is 168 Å². The van der Waals surface area contributed by atoms with Gasteiger partial charge in [0.1, 0.15) is 0 Å². The molecule has 0 amide bonds. The van der Waals surface area contributed by atoms with Crippen molar-refractivity contribution in [3.63, 3.8) is 0 Å². The monoisotopic (exact) mass is 502 g/mol. The lowest BCUT2D eigenvalue weighted by atomic mass is 10.0. The molecular formula is C34H62O2. The molecule has 36 heavy (non-hydrogen) atoms. The summed E-state index contributed by atoms with van der Waals surface area (Å²) in [5.41, 5.74) is 0. The van der Waals surface area contributed by atoms with E-state index in [0.717, 1.165) is 25.7 Å². The lowest BCUT2D eigenvalue weighted by molar-refractivity contribution is -0.143. The van der Waals surface area contributed by atoms with Crippen molar-refractivity contribution in [3.8, 4) is 0 Å². The molecule has 0 saturated heterocycles. The molecule has 0 aliphatic heterocycles. The number of esters is 1. The average Bonchev–Trinajstić information content (AvgIpc) is 2.88. The van der Waals surface area contributed by atoms with E-state index in [4.69, 9.17) is 4.74 Å². The van der Waals surface area contributed by atoms with Crippen LogP contribution in [0.2, 0.25) is 0 Å². The maximum atomic E-state index is 11.9. The second-order valence-electron chi connectivity index (χ2n) is 10.5. The Morgan fingerprint density at radius 1 is 0.472 bits per heavy atom. The van der Waals surface area contributed by atoms with E-state index in [-0.39, 0.29) is 5.97 Å². The Balaban J connectivity index is 3.26. The van der Waals surface area contributed by atoms with E-state index in [1.807, 2.05) is 0 Å². The van der Waals surface area contributed by atoms with Crippen molar-refractivity contribution in [2.75, 3.05) is 6.61 Å². The predicted molar refractivity (Wildman–Crippen MR) is 161 cm³/mol. The van der Waals surface area contributed by atoms with Gasteiger partial charge in [0.05, 0.1) is 6.61 Å². The first-order valence-corrected chi connectivity index (χ1v) is 15.9. The molecule has 0 N–H and O–H groups in total. The molecule has 0 aliphatic carbocycles. The summed E-state index contributed by atoms with van der Waals surface area (Å²) >= 11 is 0. The fourth-order valence-corrected chi connectivity index (χ4v) is 4.42. The molecule has 0 aliphatic rings. The maximum absolute atomic E-state index is 11.9. The molecule has 0 heterocycles. The molecule has 0 radical (unpaired) electrons. The molecular weight excluding hydrogens is 440 g/mol. The molecule has 0 bridgehead atoms. The van der Waals surface area contributed by atoms with Gasteiger partial charge in [0.2, 0.25) is 0 Å². The second kappa shape index (κ2) is 31.7. The van der Waals surface area contributed by atoms with E-state index >= 15 is 0 Å². The summed E-state index contributed by atoms with van der Waals surface area (Å²) < 4.78 is 5.41. The van der Waals surface area contributed by atoms with Crippen LogP contribution in [0.15, 0.2) is 36.5 Å². The van der Waals surface area contributed by atoms with Gasteiger partial charge in [-0.25, -0.2) is 0 Å². The number of allylic oxidation sites excluding steroid dienone is 6. The van der Waals surface area contributed by atoms with Crippen molar-refractivity contribution in [2.24, 2.45) is 0 Å². The van der Waals surface area contributed by atoms with Gasteiger partial charge < -0.3 is 4.74 Å². The van der Waals surface area contributed by atoms with Crippen molar-refractivity contribution < 1.29 is 9.53 Å². The smallest absolute Gasteiger partial charge is 0.305 e. The van der Waals surface area contributed by atoms with Crippen LogP contribution >= 0.6 is 0 Å². The number of hydrogen-bond donors (Lipinski definition) is 0. The van der Waals surface area contributed by atoms with Gasteiger partial charge in [-0.05, 0) is 32.1 Å². The SMILES string of the molecule is CCCCC=CC=CC=CCCCCCCCC(=O)OCCCCCCCCCCCCCCCC. The van der Waals surface area contributed by atoms with Crippen molar-refractivity contribution >= 4 is 5.97 Å². The number of carbonyl (C=O) groups excluding carboxylic acids is 1. The third-order valence-electron chi connectivity index (χ3n) is 6.84. The zero-order chi connectivity index (χ0) is 26.2. The fourth-order valence-electron chi connectivity index (χ4n) is 4.42. The summed E-state index contributed by atoms with van der Waals surface area (Å²) in [7, 11) is 0. The highest BCUT2D eigenvalue weighted by Crippen LogP contribution is 2.13. The van der Waals surface area contributed by atoms with Gasteiger partial charge in [-0.3, -0.25) is 4.79 Å². The molecule has 2 nitrogen and oxygen atoms in total. The first-order valence-electron chi connectivity index (χ1n) is 15.9. The zero-order valence-electron chi connectivity index (χ0n) is 24.5. The van der Waals surface area contributed by atoms with Gasteiger partial charge in [-0.2, -0.15) is 0 Å². The van der Waals surface area contributed by atoms with Crippen molar-refractivity contribution in [2.45, 2.75) is 168 Å². The summed E-state index contributed by atoms with van der Waals surface area (Å²) in [6, 6.07) is 0. The Morgan fingerprint density at radius 3 is 1.42 bits per heavy atom. The first kappa shape index (κ1) is 34.7. The topological polar surface area (TPSA) is 26.3 Å². The van der Waals surface area contributed by atoms with Crippen LogP contribution < -0.4 is 0 Å². The molecule has 0 aromatic carbocycles. The summed E-state index contributed by atoms with van der Waals surface area (Å²) in [6.45, 7) is 5.13. The Labute approximate surface area is 226 Å². The van der Waals surface area contributed by atoms with Crippen LogP contribution in [0.5, 0.6) is 0 Å². The number of ether oxygens (including phenoxy) is 1. The molecule has 0 aromatic rings. The van der Waals surface area contributed by atoms with E-state index in [9.17, 15) is 4.79 Å². The maximum Gasteiger partial charge on any atom is 0.305 e. The van der Waals surface area contributed by atoms with Crippen LogP contribution in [0.4, 0.5) is 0 Å². The van der Waals surface area contributed by atoms with Gasteiger partial charge in [-0.1, -0.05) is 166 Å². The lowest BCUT2D eigenvalue weighted by Gasteiger charge is -2.05. The van der Waals surface area contributed by atoms with Crippen molar-refractivity contribution in [1.82, 2.24) is 0 Å². The zero-order valence-corrected chi connectivity index (χ0v) is 24.5. The molecule has 2 heteroatoms. The van der Waals surface area contributed by atoms with Crippen LogP contribution in [-0.2, 0) is 9.53 Å². The van der Waals surface area contributed by atoms with Crippen LogP contribution in [0.25, 0.3) is 0 Å². The summed E-state index contributed by atoms with van der Waals surface area (Å²) in [4.78, 5) is 11.9. The van der Waals surface area contributed by atoms with Gasteiger partial charge >= 0.3 is 5.97 Å². The van der Waals surface area contributed by atoms with Crippen LogP contribution in [-0.4, -0.2) is 12.6 Å². The van der Waals surface area contributed by atoms with Gasteiger partial charge in [0.15, 0.2) is 0 Å². The van der Waals surface area contributed by atoms with Crippen molar-refractivity contribution in [1.29, 1.82) is 0 Å². The number of unbranched alkanes of at least 4 members (excludes halogenated alkanes) is 20. The molecule has 0 saturated carbocycles. The van der Waals surface area contributed by atoms with E-state index in [1.54, 1.807) is 0 Å². The molecule has 0 rings (SSSR count). The van der Waals surface area contributed by atoms with E-state index in [0.29, 0.717) is 13.0 Å². The van der Waals surface area contributed by atoms with E-state index in [2.05, 4.69) is 50.3 Å². The molecule has 0 atom stereocenters. The highest BCUT2D eigenvalue weighted by Gasteiger charge is 2.02. The minimum Gasteiger partial charge on any atom is -0.466 e. The molecule has 0 unspecified atom stereocenters. The Kier molecular flexibility index (Phi) is 30.6. The van der Waals surface area contributed by atoms with Gasteiger partial charge in [0.25, 0.3) is 0 Å². The number of hydrogen-bond acceptors (Lipinski definition) is 2. The highest BCUT2D eigenvalue weighted by molar-refractivity contribution is 5.69. The second-order valence-corrected chi connectivity index (χ2v) is 10.5. The summed E-state index contributed by atoms with van der Waals surface area (Å²) in [5.74, 6) is 0.00292. The predicted octanol–water partition coefficient (Wildman–Crippen LogP) is 11.6. The third kappa shape index (κ3) is 30.7. The minimum absolute atomic E-state index is 0.00292. The Bertz CT molecular complexity index is 517. The summed E-state index contributed by atoms with van der Waals surface area (Å²) in [5, 5.41) is 0. The number of rotatable bonds is 28. The van der Waals surface area contributed by atoms with Crippen molar-refractivity contribution in [3.05, 3.63) is 36.5 Å². The third-order valence-corrected chi connectivity index (χ3v) is 6.84. The summed E-state index contributed by atoms with van der Waals surface area (Å²) in [6.07, 6.45) is 43.3. The highest BCUT2D eigenvalue weighted by atomic mass is 16.5. The standard InChI is InChI=1S/C34H62O2/c1-3-5-7-9-11-13-15-17-19-20-22-24-26-28-30-32-34(35)36-33-31-29-27-25-23-21-18-16-14-12-10-8-6-4-2/h9,11,13,15,17,19H,3-8,10,12,14,16,18,20-33H2,1-2H3. The fraction of sp³-hybridized carbons (Fsp3) is 0.794. The quantitative estimate of drug-likeness (QED) is 0.0604. The average molecular weight is 503 g/mol. The first-order chi connectivity index (χ1) is 17.8. The largest absolute Gasteiger partial charge is 0.466 e. The molecule has 0 fully saturated rings. The molecule has 0 spiro atoms. The van der Waals surface area contributed by atoms with E-state index in [1.165, 1.54) is 122 Å². The molecule has 0 aromatic heterocycles. The van der Waals surface area contributed by atoms with Gasteiger partial charge in [0, 0.05) is 6.42 Å². The van der Waals surface area contributed by atoms with Crippen LogP contribution in [0, 0.1) is 0 Å². The molecule has 210 valence electrons. The van der Waals surface area contributed by atoms with Gasteiger partial charge in [-0.15, -0.1) is 0 Å². The Morgan fingerprint density at radius 2 is 0.889 bits per heavy atom. The normalized spacial score (nSPS) is 11.9.